The average Bonchev–Trinajstić information content (AvgIpc) is 3.66. The van der Waals surface area contributed by atoms with Crippen molar-refractivity contribution in [2.75, 3.05) is 4.90 Å². The van der Waals surface area contributed by atoms with E-state index in [4.69, 9.17) is 4.42 Å². The van der Waals surface area contributed by atoms with Gasteiger partial charge in [-0.1, -0.05) is 158 Å². The van der Waals surface area contributed by atoms with Crippen molar-refractivity contribution < 1.29 is 4.42 Å². The molecule has 0 bridgehead atoms. The fourth-order valence-electron chi connectivity index (χ4n) is 8.98. The van der Waals surface area contributed by atoms with Gasteiger partial charge in [0.05, 0.1) is 5.69 Å². The summed E-state index contributed by atoms with van der Waals surface area (Å²) < 4.78 is 6.18. The van der Waals surface area contributed by atoms with E-state index < -0.39 is 0 Å². The summed E-state index contributed by atoms with van der Waals surface area (Å²) in [5.41, 5.74) is 16.8. The zero-order valence-electron chi connectivity index (χ0n) is 30.8. The molecule has 9 aromatic carbocycles. The van der Waals surface area contributed by atoms with Crippen LogP contribution in [0.2, 0.25) is 0 Å². The minimum absolute atomic E-state index is 0.296. The van der Waals surface area contributed by atoms with Crippen molar-refractivity contribution in [2.45, 2.75) is 12.3 Å². The molecule has 1 aliphatic rings. The number of hydrogen-bond donors (Lipinski definition) is 0. The Morgan fingerprint density at radius 1 is 0.429 bits per heavy atom. The maximum Gasteiger partial charge on any atom is 0.136 e. The molecule has 0 saturated heterocycles. The van der Waals surface area contributed by atoms with Gasteiger partial charge in [0.15, 0.2) is 0 Å². The van der Waals surface area contributed by atoms with Crippen molar-refractivity contribution >= 4 is 49.8 Å². The zero-order valence-corrected chi connectivity index (χ0v) is 30.8. The van der Waals surface area contributed by atoms with E-state index >= 15 is 0 Å². The summed E-state index contributed by atoms with van der Waals surface area (Å²) >= 11 is 0. The molecule has 264 valence electrons. The molecule has 1 unspecified atom stereocenters. The van der Waals surface area contributed by atoms with Crippen LogP contribution in [0.25, 0.3) is 66.1 Å². The highest BCUT2D eigenvalue weighted by Gasteiger charge is 2.26. The zero-order chi connectivity index (χ0) is 37.0. The van der Waals surface area contributed by atoms with Crippen molar-refractivity contribution in [3.63, 3.8) is 0 Å². The Morgan fingerprint density at radius 3 is 1.93 bits per heavy atom. The Bertz CT molecular complexity index is 3050. The summed E-state index contributed by atoms with van der Waals surface area (Å²) in [5, 5.41) is 4.74. The monoisotopic (exact) mass is 715 g/mol. The summed E-state index contributed by atoms with van der Waals surface area (Å²) in [6, 6.07) is 74.9. The van der Waals surface area contributed by atoms with Gasteiger partial charge in [0.25, 0.3) is 0 Å². The number of hydrogen-bond acceptors (Lipinski definition) is 2. The first-order chi connectivity index (χ1) is 27.8. The summed E-state index contributed by atoms with van der Waals surface area (Å²) in [5.74, 6) is 0.296. The summed E-state index contributed by atoms with van der Waals surface area (Å²) in [6.07, 6.45) is 0.993. The number of anilines is 3. The maximum absolute atomic E-state index is 6.18. The van der Waals surface area contributed by atoms with E-state index in [1.54, 1.807) is 0 Å². The van der Waals surface area contributed by atoms with Gasteiger partial charge >= 0.3 is 0 Å². The molecule has 1 heterocycles. The number of rotatable bonds is 6. The number of furan rings is 1. The van der Waals surface area contributed by atoms with Gasteiger partial charge in [-0.25, -0.2) is 0 Å². The van der Waals surface area contributed by atoms with Gasteiger partial charge in [0.1, 0.15) is 11.2 Å². The number of para-hydroxylation sites is 2. The smallest absolute Gasteiger partial charge is 0.136 e. The highest BCUT2D eigenvalue weighted by Crippen LogP contribution is 2.45. The van der Waals surface area contributed by atoms with E-state index in [0.717, 1.165) is 40.0 Å². The molecular formula is C54H37NO. The molecule has 1 aromatic heterocycles. The summed E-state index contributed by atoms with van der Waals surface area (Å²) in [7, 11) is 0. The van der Waals surface area contributed by atoms with E-state index in [0.29, 0.717) is 5.92 Å². The quantitative estimate of drug-likeness (QED) is 0.170. The lowest BCUT2D eigenvalue weighted by Gasteiger charge is -2.30. The summed E-state index contributed by atoms with van der Waals surface area (Å²) in [6.45, 7) is 0. The van der Waals surface area contributed by atoms with Gasteiger partial charge in [-0.15, -0.1) is 0 Å². The molecule has 0 saturated carbocycles. The normalized spacial score (nSPS) is 13.5. The Balaban J connectivity index is 0.989. The first-order valence-electron chi connectivity index (χ1n) is 19.4. The molecular weight excluding hydrogens is 679 g/mol. The summed E-state index contributed by atoms with van der Waals surface area (Å²) in [4.78, 5) is 2.40. The molecule has 0 radical (unpaired) electrons. The van der Waals surface area contributed by atoms with Gasteiger partial charge < -0.3 is 9.32 Å². The lowest BCUT2D eigenvalue weighted by atomic mass is 9.76. The molecule has 2 nitrogen and oxygen atoms in total. The van der Waals surface area contributed by atoms with Crippen LogP contribution in [0.4, 0.5) is 17.1 Å². The second-order valence-corrected chi connectivity index (χ2v) is 14.8. The van der Waals surface area contributed by atoms with Gasteiger partial charge in [-0.2, -0.15) is 0 Å². The van der Waals surface area contributed by atoms with Crippen LogP contribution < -0.4 is 4.90 Å². The molecule has 2 heteroatoms. The van der Waals surface area contributed by atoms with Crippen LogP contribution in [0.1, 0.15) is 22.6 Å². The van der Waals surface area contributed by atoms with Crippen LogP contribution in [0.3, 0.4) is 0 Å². The molecule has 0 N–H and O–H groups in total. The molecule has 0 aliphatic heterocycles. The predicted octanol–water partition coefficient (Wildman–Crippen LogP) is 14.9. The van der Waals surface area contributed by atoms with Crippen LogP contribution in [0.15, 0.2) is 211 Å². The van der Waals surface area contributed by atoms with E-state index in [1.807, 2.05) is 12.1 Å². The highest BCUT2D eigenvalue weighted by atomic mass is 16.3. The highest BCUT2D eigenvalue weighted by molar-refractivity contribution is 6.19. The number of fused-ring (bicyclic) bond motifs is 8. The second-order valence-electron chi connectivity index (χ2n) is 14.8. The van der Waals surface area contributed by atoms with Crippen LogP contribution in [-0.4, -0.2) is 0 Å². The van der Waals surface area contributed by atoms with Crippen molar-refractivity contribution in [1.82, 2.24) is 0 Å². The number of benzene rings is 9. The average molecular weight is 716 g/mol. The van der Waals surface area contributed by atoms with E-state index in [-0.39, 0.29) is 0 Å². The first-order valence-corrected chi connectivity index (χ1v) is 19.4. The van der Waals surface area contributed by atoms with Crippen LogP contribution in [0, 0.1) is 0 Å². The van der Waals surface area contributed by atoms with Gasteiger partial charge in [0.2, 0.25) is 0 Å². The van der Waals surface area contributed by atoms with Crippen LogP contribution >= 0.6 is 0 Å². The lowest BCUT2D eigenvalue weighted by Crippen LogP contribution is -2.14. The fraction of sp³-hybridized carbons (Fsp3) is 0.0370. The minimum atomic E-state index is 0.296. The van der Waals surface area contributed by atoms with Gasteiger partial charge in [-0.3, -0.25) is 0 Å². The molecule has 11 rings (SSSR count). The van der Waals surface area contributed by atoms with Crippen molar-refractivity contribution in [3.8, 4) is 33.4 Å². The molecule has 1 aliphatic carbocycles. The third-order valence-corrected chi connectivity index (χ3v) is 11.7. The third kappa shape index (κ3) is 5.41. The van der Waals surface area contributed by atoms with Gasteiger partial charge in [-0.05, 0) is 110 Å². The van der Waals surface area contributed by atoms with Crippen molar-refractivity contribution in [2.24, 2.45) is 0 Å². The fourth-order valence-corrected chi connectivity index (χ4v) is 8.98. The predicted molar refractivity (Wildman–Crippen MR) is 234 cm³/mol. The first kappa shape index (κ1) is 32.3. The minimum Gasteiger partial charge on any atom is -0.456 e. The Kier molecular flexibility index (Phi) is 7.67. The molecule has 0 spiro atoms. The molecule has 56 heavy (non-hydrogen) atoms. The van der Waals surface area contributed by atoms with Gasteiger partial charge in [0, 0.05) is 33.6 Å². The van der Waals surface area contributed by atoms with Crippen LogP contribution in [0.5, 0.6) is 0 Å². The topological polar surface area (TPSA) is 16.4 Å². The van der Waals surface area contributed by atoms with E-state index in [2.05, 4.69) is 199 Å². The van der Waals surface area contributed by atoms with Crippen LogP contribution in [-0.2, 0) is 6.42 Å². The molecule has 0 amide bonds. The standard InChI is InChI=1S/C54H37NO/c1-2-12-37(13-3-1)45-16-8-10-20-51(45)55(43-30-24-38(25-31-43)50-35-40-14-4-5-15-44(40)47-17-6-7-18-48(47)50)42-28-22-36(23-29-42)39-26-32-46-41(34-39)27-33-53-54(46)49-19-9-11-21-52(49)56-53/h1-34,50H,35H2. The second kappa shape index (κ2) is 13.3. The Hall–Kier alpha value is -7.16. The molecule has 1 atom stereocenters. The SMILES string of the molecule is c1ccc(-c2ccccc2N(c2ccc(-c3ccc4c(ccc5oc6ccccc6c54)c3)cc2)c2ccc(C3Cc4ccccc4-c4ccccc43)cc2)cc1. The largest absolute Gasteiger partial charge is 0.456 e. The van der Waals surface area contributed by atoms with Crippen molar-refractivity contribution in [1.29, 1.82) is 0 Å². The molecule has 10 aromatic rings. The van der Waals surface area contributed by atoms with Crippen molar-refractivity contribution in [3.05, 3.63) is 223 Å². The Labute approximate surface area is 326 Å². The van der Waals surface area contributed by atoms with E-state index in [1.165, 1.54) is 66.2 Å². The maximum atomic E-state index is 6.18. The van der Waals surface area contributed by atoms with E-state index in [9.17, 15) is 0 Å². The third-order valence-electron chi connectivity index (χ3n) is 11.7. The molecule has 0 fully saturated rings. The Morgan fingerprint density at radius 2 is 1.09 bits per heavy atom. The number of nitrogens with zero attached hydrogens (tertiary/aromatic N) is 1. The lowest BCUT2D eigenvalue weighted by molar-refractivity contribution is 0.669.